The van der Waals surface area contributed by atoms with Crippen LogP contribution >= 0.6 is 0 Å². The van der Waals surface area contributed by atoms with E-state index in [4.69, 9.17) is 11.4 Å². The van der Waals surface area contributed by atoms with Gasteiger partial charge >= 0.3 is 15.1 Å². The predicted octanol–water partition coefficient (Wildman–Crippen LogP) is 4.05. The number of rotatable bonds is 11. The van der Waals surface area contributed by atoms with Gasteiger partial charge in [0.1, 0.15) is 0 Å². The van der Waals surface area contributed by atoms with Gasteiger partial charge in [0.25, 0.3) is 0 Å². The summed E-state index contributed by atoms with van der Waals surface area (Å²) < 4.78 is 17.4. The first-order valence-corrected chi connectivity index (χ1v) is 8.83. The number of hydrogen-bond donors (Lipinski definition) is 0. The Kier molecular flexibility index (Phi) is 11.5. The molecule has 0 aliphatic heterocycles. The molecule has 0 rings (SSSR count). The van der Waals surface area contributed by atoms with Crippen LogP contribution in [0.5, 0.6) is 0 Å². The molecule has 0 aromatic rings. The van der Waals surface area contributed by atoms with E-state index in [1.165, 1.54) is 25.7 Å². The third kappa shape index (κ3) is 10.3. The topological polar surface area (TPSA) is 27.7 Å². The van der Waals surface area contributed by atoms with Gasteiger partial charge in [-0.15, -0.1) is 0 Å². The molecule has 0 N–H and O–H groups in total. The van der Waals surface area contributed by atoms with E-state index in [1.807, 2.05) is 27.7 Å². The maximum atomic E-state index is 5.91. The summed E-state index contributed by atoms with van der Waals surface area (Å²) in [6.45, 7) is 13.4. The van der Waals surface area contributed by atoms with Crippen LogP contribution in [0.3, 0.4) is 0 Å². The summed E-state index contributed by atoms with van der Waals surface area (Å²) in [4.78, 5) is 0. The molecule has 0 saturated heterocycles. The molecule has 0 heterocycles. The predicted molar refractivity (Wildman–Crippen MR) is 77.5 cm³/mol. The summed E-state index contributed by atoms with van der Waals surface area (Å²) in [5.74, 6) is 0.645. The molecule has 3 nitrogen and oxygen atoms in total. The molecule has 0 amide bonds. The van der Waals surface area contributed by atoms with Crippen LogP contribution in [-0.2, 0) is 11.4 Å². The molecule has 0 saturated carbocycles. The largest absolute Gasteiger partial charge is 0.906 e. The van der Waals surface area contributed by atoms with Crippen molar-refractivity contribution in [2.24, 2.45) is 5.92 Å². The summed E-state index contributed by atoms with van der Waals surface area (Å²) in [6.07, 6.45) is 5.31. The molecule has 108 valence electrons. The normalized spacial score (nSPS) is 13.3. The average Bonchev–Trinajstić information content (AvgIpc) is 2.27. The van der Waals surface area contributed by atoms with Crippen LogP contribution in [0.2, 0.25) is 0 Å². The Morgan fingerprint density at radius 2 is 1.50 bits per heavy atom. The lowest BCUT2D eigenvalue weighted by Gasteiger charge is -2.21. The van der Waals surface area contributed by atoms with Crippen LogP contribution in [0.4, 0.5) is 0 Å². The SMILES string of the molecule is CCCCC(CC)C[O][Al]([O]C(C)C)[O]C(C)C. The Morgan fingerprint density at radius 3 is 1.89 bits per heavy atom. The molecular formula is C14H31AlO3. The van der Waals surface area contributed by atoms with Crippen molar-refractivity contribution >= 4 is 15.1 Å². The van der Waals surface area contributed by atoms with Gasteiger partial charge in [0, 0.05) is 18.8 Å². The van der Waals surface area contributed by atoms with E-state index in [9.17, 15) is 0 Å². The molecule has 0 fully saturated rings. The molecule has 0 radical (unpaired) electrons. The van der Waals surface area contributed by atoms with E-state index in [1.54, 1.807) is 0 Å². The third-order valence-electron chi connectivity index (χ3n) is 2.78. The van der Waals surface area contributed by atoms with Gasteiger partial charge in [0.2, 0.25) is 0 Å². The minimum atomic E-state index is -1.95. The first-order valence-electron chi connectivity index (χ1n) is 7.42. The molecule has 0 bridgehead atoms. The van der Waals surface area contributed by atoms with E-state index in [0.29, 0.717) is 5.92 Å². The second-order valence-corrected chi connectivity index (χ2v) is 6.86. The Balaban J connectivity index is 4.04. The maximum absolute atomic E-state index is 5.91. The molecule has 1 unspecified atom stereocenters. The van der Waals surface area contributed by atoms with E-state index in [-0.39, 0.29) is 12.2 Å². The molecule has 0 aromatic heterocycles. The fourth-order valence-corrected chi connectivity index (χ4v) is 3.21. The first kappa shape index (κ1) is 18.4. The van der Waals surface area contributed by atoms with E-state index in [0.717, 1.165) is 6.61 Å². The van der Waals surface area contributed by atoms with Gasteiger partial charge in [-0.05, 0) is 40.0 Å². The molecule has 0 aromatic carbocycles. The number of hydrogen-bond acceptors (Lipinski definition) is 3. The Hall–Kier alpha value is 0.412. The molecule has 0 aliphatic carbocycles. The Bertz CT molecular complexity index is 176. The van der Waals surface area contributed by atoms with Crippen molar-refractivity contribution in [1.29, 1.82) is 0 Å². The summed E-state index contributed by atoms with van der Waals surface area (Å²) in [7, 11) is 0. The zero-order chi connectivity index (χ0) is 14.0. The Labute approximate surface area is 119 Å². The first-order chi connectivity index (χ1) is 8.49. The standard InChI is InChI=1S/C8H17O.2C3H7O.Al/c1-3-5-6-8(4-2)7-9;2*1-3(2)4;/h8H,3-7H2,1-2H3;2*3H,1-2H3;/q3*-1;+3. The summed E-state index contributed by atoms with van der Waals surface area (Å²) in [5.41, 5.74) is 0. The highest BCUT2D eigenvalue weighted by Crippen LogP contribution is 2.14. The maximum Gasteiger partial charge on any atom is 0.906 e. The lowest BCUT2D eigenvalue weighted by Crippen LogP contribution is -2.34. The van der Waals surface area contributed by atoms with Gasteiger partial charge in [-0.25, -0.2) is 0 Å². The van der Waals surface area contributed by atoms with Crippen LogP contribution in [-0.4, -0.2) is 34.0 Å². The van der Waals surface area contributed by atoms with Crippen molar-refractivity contribution in [3.05, 3.63) is 0 Å². The lowest BCUT2D eigenvalue weighted by atomic mass is 10.0. The second kappa shape index (κ2) is 11.3. The van der Waals surface area contributed by atoms with Crippen molar-refractivity contribution in [3.8, 4) is 0 Å². The van der Waals surface area contributed by atoms with E-state index < -0.39 is 15.1 Å². The Morgan fingerprint density at radius 1 is 0.944 bits per heavy atom. The number of unbranched alkanes of at least 4 members (excludes halogenated alkanes) is 1. The fourth-order valence-electron chi connectivity index (χ4n) is 1.67. The monoisotopic (exact) mass is 274 g/mol. The summed E-state index contributed by atoms with van der Waals surface area (Å²) >= 11 is -1.95. The van der Waals surface area contributed by atoms with Crippen molar-refractivity contribution in [2.75, 3.05) is 6.61 Å². The molecular weight excluding hydrogens is 243 g/mol. The summed E-state index contributed by atoms with van der Waals surface area (Å²) in [6, 6.07) is 0. The molecule has 0 spiro atoms. The molecule has 4 heteroatoms. The van der Waals surface area contributed by atoms with Crippen molar-refractivity contribution in [1.82, 2.24) is 0 Å². The van der Waals surface area contributed by atoms with Gasteiger partial charge in [-0.1, -0.05) is 33.1 Å². The van der Waals surface area contributed by atoms with Crippen LogP contribution in [0.1, 0.15) is 67.2 Å². The van der Waals surface area contributed by atoms with E-state index in [2.05, 4.69) is 13.8 Å². The van der Waals surface area contributed by atoms with Crippen LogP contribution in [0.15, 0.2) is 0 Å². The highest BCUT2D eigenvalue weighted by atomic mass is 27.3. The molecule has 18 heavy (non-hydrogen) atoms. The van der Waals surface area contributed by atoms with Crippen molar-refractivity contribution < 1.29 is 11.4 Å². The minimum Gasteiger partial charge on any atom is -0.454 e. The lowest BCUT2D eigenvalue weighted by molar-refractivity contribution is 0.0401. The van der Waals surface area contributed by atoms with Crippen molar-refractivity contribution in [3.63, 3.8) is 0 Å². The van der Waals surface area contributed by atoms with Crippen LogP contribution in [0, 0.1) is 5.92 Å². The van der Waals surface area contributed by atoms with Gasteiger partial charge in [0.05, 0.1) is 0 Å². The smallest absolute Gasteiger partial charge is 0.454 e. The van der Waals surface area contributed by atoms with E-state index >= 15 is 0 Å². The molecule has 0 aliphatic rings. The fraction of sp³-hybridized carbons (Fsp3) is 1.00. The molecule has 1 atom stereocenters. The quantitative estimate of drug-likeness (QED) is 0.532. The van der Waals surface area contributed by atoms with Gasteiger partial charge < -0.3 is 11.4 Å². The van der Waals surface area contributed by atoms with Crippen molar-refractivity contribution in [2.45, 2.75) is 79.4 Å². The zero-order valence-corrected chi connectivity index (χ0v) is 14.2. The van der Waals surface area contributed by atoms with Gasteiger partial charge in [-0.3, -0.25) is 0 Å². The van der Waals surface area contributed by atoms with Gasteiger partial charge in [0.15, 0.2) is 0 Å². The highest BCUT2D eigenvalue weighted by molar-refractivity contribution is 6.36. The van der Waals surface area contributed by atoms with Gasteiger partial charge in [-0.2, -0.15) is 0 Å². The zero-order valence-electron chi connectivity index (χ0n) is 13.1. The minimum absolute atomic E-state index is 0.177. The van der Waals surface area contributed by atoms with Crippen LogP contribution in [0.25, 0.3) is 0 Å². The average molecular weight is 274 g/mol. The second-order valence-electron chi connectivity index (χ2n) is 5.41. The van der Waals surface area contributed by atoms with Crippen LogP contribution < -0.4 is 0 Å². The summed E-state index contributed by atoms with van der Waals surface area (Å²) in [5, 5.41) is 0. The third-order valence-corrected chi connectivity index (χ3v) is 4.78. The highest BCUT2D eigenvalue weighted by Gasteiger charge is 2.34.